The van der Waals surface area contributed by atoms with Crippen molar-refractivity contribution >= 4 is 35.1 Å². The minimum atomic E-state index is -5.19. The molecule has 0 aliphatic carbocycles. The number of nitrogens with one attached hydrogen (secondary N) is 3. The van der Waals surface area contributed by atoms with Gasteiger partial charge in [0.15, 0.2) is 0 Å². The summed E-state index contributed by atoms with van der Waals surface area (Å²) in [4.78, 5) is 56.3. The van der Waals surface area contributed by atoms with Crippen LogP contribution in [0.25, 0.3) is 0 Å². The number of hydrogen-bond donors (Lipinski definition) is 3. The van der Waals surface area contributed by atoms with Crippen molar-refractivity contribution in [2.24, 2.45) is 5.92 Å². The van der Waals surface area contributed by atoms with Crippen LogP contribution in [0.1, 0.15) is 41.4 Å². The van der Waals surface area contributed by atoms with E-state index in [9.17, 15) is 32.3 Å². The van der Waals surface area contributed by atoms with Crippen LogP contribution in [-0.2, 0) is 20.8 Å². The summed E-state index contributed by atoms with van der Waals surface area (Å²) in [5.41, 5.74) is 0.941. The van der Waals surface area contributed by atoms with Crippen LogP contribution < -0.4 is 20.7 Å². The fourth-order valence-electron chi connectivity index (χ4n) is 4.12. The van der Waals surface area contributed by atoms with Gasteiger partial charge in [0.05, 0.1) is 13.2 Å². The number of benzene rings is 2. The SMILES string of the molecule is COc1ccc(C(NC(=O)C(Cc2cccnc2)NC(=O)c2cccc(Cl)c2)C(=O)N[C@H](C(=O)C(F)(F)F)C(C)C)cc1. The van der Waals surface area contributed by atoms with Crippen LogP contribution in [0.4, 0.5) is 13.2 Å². The van der Waals surface area contributed by atoms with Gasteiger partial charge in [0, 0.05) is 29.4 Å². The first-order valence-electron chi connectivity index (χ1n) is 13.1. The maximum absolute atomic E-state index is 13.7. The molecule has 0 radical (unpaired) electrons. The van der Waals surface area contributed by atoms with Gasteiger partial charge < -0.3 is 20.7 Å². The molecule has 1 heterocycles. The average Bonchev–Trinajstić information content (AvgIpc) is 2.97. The highest BCUT2D eigenvalue weighted by atomic mass is 35.5. The molecule has 0 fully saturated rings. The summed E-state index contributed by atoms with van der Waals surface area (Å²) < 4.78 is 45.0. The molecule has 43 heavy (non-hydrogen) atoms. The van der Waals surface area contributed by atoms with Crippen LogP contribution in [0.3, 0.4) is 0 Å². The molecular weight excluding hydrogens is 589 g/mol. The lowest BCUT2D eigenvalue weighted by atomic mass is 9.97. The van der Waals surface area contributed by atoms with Crippen molar-refractivity contribution in [3.05, 3.63) is 94.8 Å². The molecule has 2 unspecified atom stereocenters. The summed E-state index contributed by atoms with van der Waals surface area (Å²) in [5.74, 6) is -5.13. The Bertz CT molecular complexity index is 1440. The molecule has 13 heteroatoms. The van der Waals surface area contributed by atoms with E-state index in [1.54, 1.807) is 24.3 Å². The van der Waals surface area contributed by atoms with Crippen LogP contribution in [0.15, 0.2) is 73.1 Å². The predicted octanol–water partition coefficient (Wildman–Crippen LogP) is 4.21. The minimum Gasteiger partial charge on any atom is -0.497 e. The molecule has 228 valence electrons. The fourth-order valence-corrected chi connectivity index (χ4v) is 4.31. The van der Waals surface area contributed by atoms with Gasteiger partial charge in [-0.15, -0.1) is 0 Å². The third-order valence-corrected chi connectivity index (χ3v) is 6.63. The zero-order chi connectivity index (χ0) is 31.7. The van der Waals surface area contributed by atoms with E-state index in [-0.39, 0.29) is 17.5 Å². The molecule has 0 bridgehead atoms. The first-order valence-corrected chi connectivity index (χ1v) is 13.5. The molecular formula is C30H30ClF3N4O5. The van der Waals surface area contributed by atoms with Crippen molar-refractivity contribution in [3.63, 3.8) is 0 Å². The highest BCUT2D eigenvalue weighted by molar-refractivity contribution is 6.31. The number of ether oxygens (including phenoxy) is 1. The van der Waals surface area contributed by atoms with Crippen LogP contribution in [0.2, 0.25) is 5.02 Å². The Kier molecular flexibility index (Phi) is 11.2. The number of halogens is 4. The Labute approximate surface area is 251 Å². The molecule has 0 aliphatic heterocycles. The van der Waals surface area contributed by atoms with Gasteiger partial charge in [0.25, 0.3) is 11.7 Å². The van der Waals surface area contributed by atoms with Gasteiger partial charge in [0.2, 0.25) is 11.8 Å². The first-order chi connectivity index (χ1) is 20.3. The van der Waals surface area contributed by atoms with Crippen molar-refractivity contribution in [1.29, 1.82) is 0 Å². The number of Topliss-reactive ketones (excluding diaryl/α,β-unsaturated/α-hetero) is 1. The summed E-state index contributed by atoms with van der Waals surface area (Å²) in [5, 5.41) is 7.61. The number of rotatable bonds is 12. The number of methoxy groups -OCH3 is 1. The summed E-state index contributed by atoms with van der Waals surface area (Å²) in [6, 6.07) is 10.6. The van der Waals surface area contributed by atoms with E-state index < -0.39 is 53.7 Å². The van der Waals surface area contributed by atoms with Crippen molar-refractivity contribution in [2.45, 2.75) is 44.6 Å². The second kappa shape index (κ2) is 14.6. The standard InChI is InChI=1S/C30H30ClF3N4O5/c1-17(2)24(26(39)30(32,33)34)37-29(42)25(19-9-11-22(43-3)12-10-19)38-28(41)23(14-18-6-5-13-35-16-18)36-27(40)20-7-4-8-21(31)15-20/h4-13,15-17,23-25H,14H2,1-3H3,(H,36,40)(H,37,42)(H,38,41)/t23?,24-,25?/m0/s1. The molecule has 3 aromatic rings. The van der Waals surface area contributed by atoms with Crippen molar-refractivity contribution < 1.29 is 37.1 Å². The van der Waals surface area contributed by atoms with Crippen LogP contribution >= 0.6 is 11.6 Å². The molecule has 0 saturated heterocycles. The van der Waals surface area contributed by atoms with Crippen molar-refractivity contribution in [2.75, 3.05) is 7.11 Å². The van der Waals surface area contributed by atoms with Crippen LogP contribution in [-0.4, -0.2) is 53.9 Å². The number of pyridine rings is 1. The third kappa shape index (κ3) is 9.27. The Hall–Kier alpha value is -4.45. The number of nitrogens with zero attached hydrogens (tertiary/aromatic N) is 1. The van der Waals surface area contributed by atoms with E-state index in [1.165, 1.54) is 69.7 Å². The zero-order valence-electron chi connectivity index (χ0n) is 23.4. The van der Waals surface area contributed by atoms with Crippen LogP contribution in [0, 0.1) is 5.92 Å². The van der Waals surface area contributed by atoms with Gasteiger partial charge >= 0.3 is 6.18 Å². The van der Waals surface area contributed by atoms with E-state index in [0.29, 0.717) is 16.3 Å². The predicted molar refractivity (Wildman–Crippen MR) is 152 cm³/mol. The van der Waals surface area contributed by atoms with E-state index in [0.717, 1.165) is 0 Å². The van der Waals surface area contributed by atoms with Gasteiger partial charge in [-0.25, -0.2) is 0 Å². The van der Waals surface area contributed by atoms with E-state index >= 15 is 0 Å². The van der Waals surface area contributed by atoms with E-state index in [1.807, 2.05) is 0 Å². The quantitative estimate of drug-likeness (QED) is 0.279. The summed E-state index contributed by atoms with van der Waals surface area (Å²) in [6.07, 6.45) is -2.21. The Balaban J connectivity index is 1.95. The molecule has 0 aliphatic rings. The van der Waals surface area contributed by atoms with Crippen LogP contribution in [0.5, 0.6) is 5.75 Å². The summed E-state index contributed by atoms with van der Waals surface area (Å²) >= 11 is 6.01. The number of ketones is 1. The molecule has 0 saturated carbocycles. The monoisotopic (exact) mass is 618 g/mol. The van der Waals surface area contributed by atoms with Gasteiger partial charge in [-0.05, 0) is 53.4 Å². The van der Waals surface area contributed by atoms with Gasteiger partial charge in [0.1, 0.15) is 17.8 Å². The second-order valence-electron chi connectivity index (χ2n) is 9.91. The molecule has 2 aromatic carbocycles. The topological polar surface area (TPSA) is 126 Å². The molecule has 3 rings (SSSR count). The molecule has 1 aromatic heterocycles. The number of carbonyl (C=O) groups is 4. The summed E-state index contributed by atoms with van der Waals surface area (Å²) in [6.45, 7) is 2.70. The Morgan fingerprint density at radius 3 is 2.19 bits per heavy atom. The normalized spacial score (nSPS) is 13.4. The van der Waals surface area contributed by atoms with E-state index in [4.69, 9.17) is 16.3 Å². The van der Waals surface area contributed by atoms with E-state index in [2.05, 4.69) is 20.9 Å². The third-order valence-electron chi connectivity index (χ3n) is 6.40. The minimum absolute atomic E-state index is 0.0376. The molecule has 3 atom stereocenters. The largest absolute Gasteiger partial charge is 0.497 e. The van der Waals surface area contributed by atoms with Crippen molar-refractivity contribution in [3.8, 4) is 5.75 Å². The number of aromatic nitrogens is 1. The Morgan fingerprint density at radius 2 is 1.63 bits per heavy atom. The maximum Gasteiger partial charge on any atom is 0.452 e. The number of alkyl halides is 3. The lowest BCUT2D eigenvalue weighted by molar-refractivity contribution is -0.175. The number of amides is 3. The average molecular weight is 619 g/mol. The number of carbonyl (C=O) groups excluding carboxylic acids is 4. The lowest BCUT2D eigenvalue weighted by Crippen LogP contribution is -2.55. The zero-order valence-corrected chi connectivity index (χ0v) is 24.2. The number of hydrogen-bond acceptors (Lipinski definition) is 6. The lowest BCUT2D eigenvalue weighted by Gasteiger charge is -2.27. The Morgan fingerprint density at radius 1 is 0.930 bits per heavy atom. The second-order valence-corrected chi connectivity index (χ2v) is 10.3. The molecule has 0 spiro atoms. The molecule has 9 nitrogen and oxygen atoms in total. The van der Waals surface area contributed by atoms with Gasteiger partial charge in [-0.3, -0.25) is 24.2 Å². The highest BCUT2D eigenvalue weighted by Gasteiger charge is 2.45. The molecule has 3 N–H and O–H groups in total. The summed E-state index contributed by atoms with van der Waals surface area (Å²) in [7, 11) is 1.42. The fraction of sp³-hybridized carbons (Fsp3) is 0.300. The van der Waals surface area contributed by atoms with Crippen molar-refractivity contribution in [1.82, 2.24) is 20.9 Å². The van der Waals surface area contributed by atoms with Gasteiger partial charge in [-0.2, -0.15) is 13.2 Å². The highest BCUT2D eigenvalue weighted by Crippen LogP contribution is 2.23. The maximum atomic E-state index is 13.7. The smallest absolute Gasteiger partial charge is 0.452 e. The molecule has 3 amide bonds. The van der Waals surface area contributed by atoms with Gasteiger partial charge in [-0.1, -0.05) is 49.7 Å². The first kappa shape index (κ1) is 33.1.